The zero-order valence-corrected chi connectivity index (χ0v) is 10.5. The number of carbonyl (C=O) groups is 2. The van der Waals surface area contributed by atoms with Crippen LogP contribution in [0.5, 0.6) is 0 Å². The number of esters is 1. The first-order valence-corrected chi connectivity index (χ1v) is 5.82. The summed E-state index contributed by atoms with van der Waals surface area (Å²) >= 11 is 0. The Labute approximate surface area is 113 Å². The molecule has 1 aliphatic rings. The van der Waals surface area contributed by atoms with Crippen LogP contribution < -0.4 is 0 Å². The summed E-state index contributed by atoms with van der Waals surface area (Å²) in [4.78, 5) is 25.5. The number of aromatic nitrogens is 2. The van der Waals surface area contributed by atoms with Gasteiger partial charge >= 0.3 is 11.9 Å². The van der Waals surface area contributed by atoms with E-state index in [2.05, 4.69) is 4.98 Å². The lowest BCUT2D eigenvalue weighted by atomic mass is 10.1. The monoisotopic (exact) mass is 286 g/mol. The molecule has 0 aliphatic carbocycles. The third kappa shape index (κ3) is 2.64. The van der Waals surface area contributed by atoms with Gasteiger partial charge in [-0.1, -0.05) is 0 Å². The standard InChI is InChI=1S/C11H14N2O7/c1-5(15)19-9-8(16)7(3-14)20-10(9)13-2-6(11(17)18)12-4-13/h2,4,7-10,14,16H,3H2,1H3,(H,17,18)/t7-,8-,9-,10-/m1/s1. The van der Waals surface area contributed by atoms with Crippen molar-refractivity contribution in [1.29, 1.82) is 0 Å². The number of carboxylic acids is 1. The average Bonchev–Trinajstić information content (AvgIpc) is 2.96. The maximum atomic E-state index is 11.1. The minimum absolute atomic E-state index is 0.211. The molecular weight excluding hydrogens is 272 g/mol. The number of aromatic carboxylic acids is 1. The van der Waals surface area contributed by atoms with E-state index in [1.165, 1.54) is 24.0 Å². The van der Waals surface area contributed by atoms with Gasteiger partial charge in [0.2, 0.25) is 0 Å². The number of carboxylic acid groups (broad SMARTS) is 1. The minimum Gasteiger partial charge on any atom is -0.476 e. The Hall–Kier alpha value is -1.97. The highest BCUT2D eigenvalue weighted by atomic mass is 16.6. The molecule has 0 amide bonds. The maximum absolute atomic E-state index is 11.1. The fraction of sp³-hybridized carbons (Fsp3) is 0.545. The lowest BCUT2D eigenvalue weighted by Crippen LogP contribution is -2.36. The van der Waals surface area contributed by atoms with Crippen molar-refractivity contribution >= 4 is 11.9 Å². The summed E-state index contributed by atoms with van der Waals surface area (Å²) in [5.41, 5.74) is -0.211. The number of ether oxygens (including phenoxy) is 2. The van der Waals surface area contributed by atoms with Crippen LogP contribution in [0.1, 0.15) is 23.6 Å². The van der Waals surface area contributed by atoms with E-state index in [4.69, 9.17) is 19.7 Å². The number of imidazole rings is 1. The molecule has 0 bridgehead atoms. The van der Waals surface area contributed by atoms with Crippen LogP contribution in [-0.4, -0.2) is 61.7 Å². The predicted octanol–water partition coefficient (Wildman–Crippen LogP) is -1.24. The number of carbonyl (C=O) groups excluding carboxylic acids is 1. The van der Waals surface area contributed by atoms with Crippen molar-refractivity contribution in [3.05, 3.63) is 18.2 Å². The zero-order chi connectivity index (χ0) is 14.9. The highest BCUT2D eigenvalue weighted by molar-refractivity contribution is 5.84. The number of nitrogens with zero attached hydrogens (tertiary/aromatic N) is 2. The van der Waals surface area contributed by atoms with Crippen LogP contribution in [0.25, 0.3) is 0 Å². The van der Waals surface area contributed by atoms with E-state index in [1.807, 2.05) is 0 Å². The van der Waals surface area contributed by atoms with E-state index < -0.39 is 43.1 Å². The first-order valence-electron chi connectivity index (χ1n) is 5.82. The molecule has 4 atom stereocenters. The van der Waals surface area contributed by atoms with Gasteiger partial charge in [-0.25, -0.2) is 9.78 Å². The summed E-state index contributed by atoms with van der Waals surface area (Å²) in [6.07, 6.45) is -1.77. The first-order chi connectivity index (χ1) is 9.43. The van der Waals surface area contributed by atoms with E-state index in [0.717, 1.165) is 0 Å². The largest absolute Gasteiger partial charge is 0.476 e. The van der Waals surface area contributed by atoms with Gasteiger partial charge in [-0.3, -0.25) is 4.79 Å². The molecule has 1 saturated heterocycles. The van der Waals surface area contributed by atoms with Crippen molar-refractivity contribution in [1.82, 2.24) is 9.55 Å². The van der Waals surface area contributed by atoms with Gasteiger partial charge in [-0.2, -0.15) is 0 Å². The molecule has 2 heterocycles. The summed E-state index contributed by atoms with van der Waals surface area (Å²) < 4.78 is 11.6. The van der Waals surface area contributed by atoms with Crippen LogP contribution in [-0.2, 0) is 14.3 Å². The molecule has 0 unspecified atom stereocenters. The normalized spacial score (nSPS) is 29.4. The number of aliphatic hydroxyl groups excluding tert-OH is 2. The Bertz CT molecular complexity index is 515. The molecular formula is C11H14N2O7. The van der Waals surface area contributed by atoms with E-state index in [1.54, 1.807) is 0 Å². The van der Waals surface area contributed by atoms with Crippen molar-refractivity contribution in [3.63, 3.8) is 0 Å². The fourth-order valence-corrected chi connectivity index (χ4v) is 2.01. The SMILES string of the molecule is CC(=O)O[C@@H]1[C@H](O)[C@@H](CO)O[C@H]1n1cnc(C(=O)O)c1. The number of hydrogen-bond donors (Lipinski definition) is 3. The van der Waals surface area contributed by atoms with Gasteiger partial charge in [-0.05, 0) is 0 Å². The molecule has 1 aromatic heterocycles. The topological polar surface area (TPSA) is 131 Å². The highest BCUT2D eigenvalue weighted by Crippen LogP contribution is 2.31. The summed E-state index contributed by atoms with van der Waals surface area (Å²) in [5, 5.41) is 27.8. The summed E-state index contributed by atoms with van der Waals surface area (Å²) in [6, 6.07) is 0. The van der Waals surface area contributed by atoms with Crippen molar-refractivity contribution in [2.75, 3.05) is 6.61 Å². The highest BCUT2D eigenvalue weighted by Gasteiger charge is 2.46. The molecule has 2 rings (SSSR count). The summed E-state index contributed by atoms with van der Waals surface area (Å²) in [5.74, 6) is -1.84. The first kappa shape index (κ1) is 14.4. The van der Waals surface area contributed by atoms with Gasteiger partial charge in [-0.15, -0.1) is 0 Å². The fourth-order valence-electron chi connectivity index (χ4n) is 2.01. The molecule has 0 spiro atoms. The summed E-state index contributed by atoms with van der Waals surface area (Å²) in [7, 11) is 0. The molecule has 0 radical (unpaired) electrons. The number of hydrogen-bond acceptors (Lipinski definition) is 7. The zero-order valence-electron chi connectivity index (χ0n) is 10.5. The Morgan fingerprint density at radius 1 is 1.55 bits per heavy atom. The van der Waals surface area contributed by atoms with Gasteiger partial charge in [0.05, 0.1) is 12.9 Å². The average molecular weight is 286 g/mol. The van der Waals surface area contributed by atoms with E-state index in [9.17, 15) is 14.7 Å². The van der Waals surface area contributed by atoms with Crippen LogP contribution in [0.15, 0.2) is 12.5 Å². The van der Waals surface area contributed by atoms with Crippen LogP contribution in [0.3, 0.4) is 0 Å². The molecule has 20 heavy (non-hydrogen) atoms. The Kier molecular flexibility index (Phi) is 4.02. The van der Waals surface area contributed by atoms with E-state index >= 15 is 0 Å². The second-order valence-electron chi connectivity index (χ2n) is 4.32. The second kappa shape index (κ2) is 5.57. The maximum Gasteiger partial charge on any atom is 0.356 e. The van der Waals surface area contributed by atoms with Gasteiger partial charge in [0, 0.05) is 13.1 Å². The van der Waals surface area contributed by atoms with E-state index in [-0.39, 0.29) is 5.69 Å². The molecule has 0 saturated carbocycles. The molecule has 1 fully saturated rings. The molecule has 1 aromatic rings. The third-order valence-corrected chi connectivity index (χ3v) is 2.91. The molecule has 1 aliphatic heterocycles. The van der Waals surface area contributed by atoms with Crippen LogP contribution in [0, 0.1) is 0 Å². The smallest absolute Gasteiger partial charge is 0.356 e. The van der Waals surface area contributed by atoms with Crippen LogP contribution in [0.2, 0.25) is 0 Å². The molecule has 9 nitrogen and oxygen atoms in total. The van der Waals surface area contributed by atoms with Gasteiger partial charge in [0.25, 0.3) is 0 Å². The Balaban J connectivity index is 2.26. The quantitative estimate of drug-likeness (QED) is 0.586. The van der Waals surface area contributed by atoms with Crippen LogP contribution in [0.4, 0.5) is 0 Å². The Morgan fingerprint density at radius 2 is 2.25 bits per heavy atom. The lowest BCUT2D eigenvalue weighted by molar-refractivity contribution is -0.155. The van der Waals surface area contributed by atoms with Crippen LogP contribution >= 0.6 is 0 Å². The number of rotatable bonds is 4. The van der Waals surface area contributed by atoms with Gasteiger partial charge < -0.3 is 29.4 Å². The molecule has 110 valence electrons. The third-order valence-electron chi connectivity index (χ3n) is 2.91. The minimum atomic E-state index is -1.22. The van der Waals surface area contributed by atoms with Gasteiger partial charge in [0.1, 0.15) is 12.2 Å². The van der Waals surface area contributed by atoms with E-state index in [0.29, 0.717) is 0 Å². The van der Waals surface area contributed by atoms with Gasteiger partial charge in [0.15, 0.2) is 18.0 Å². The van der Waals surface area contributed by atoms with Crippen molar-refractivity contribution in [2.24, 2.45) is 0 Å². The Morgan fingerprint density at radius 3 is 2.75 bits per heavy atom. The van der Waals surface area contributed by atoms with Crippen molar-refractivity contribution in [2.45, 2.75) is 31.5 Å². The summed E-state index contributed by atoms with van der Waals surface area (Å²) in [6.45, 7) is 0.711. The molecule has 0 aromatic carbocycles. The predicted molar refractivity (Wildman–Crippen MR) is 61.7 cm³/mol. The lowest BCUT2D eigenvalue weighted by Gasteiger charge is -2.20. The molecule has 3 N–H and O–H groups in total. The van der Waals surface area contributed by atoms with Crippen molar-refractivity contribution in [3.8, 4) is 0 Å². The van der Waals surface area contributed by atoms with Crippen molar-refractivity contribution < 1.29 is 34.4 Å². The number of aliphatic hydroxyl groups is 2. The second-order valence-corrected chi connectivity index (χ2v) is 4.32. The molecule has 9 heteroatoms.